The third-order valence-corrected chi connectivity index (χ3v) is 12.9. The first-order valence-corrected chi connectivity index (χ1v) is 25.8. The van der Waals surface area contributed by atoms with E-state index < -0.39 is 0 Å². The third kappa shape index (κ3) is 32.3. The van der Waals surface area contributed by atoms with E-state index in [4.69, 9.17) is 0 Å². The Kier molecular flexibility index (Phi) is 39.7. The molecule has 2 heteroatoms. The second-order valence-electron chi connectivity index (χ2n) is 18.2. The lowest BCUT2D eigenvalue weighted by molar-refractivity contribution is -0.727. The fourth-order valence-corrected chi connectivity index (χ4v) is 9.08. The van der Waals surface area contributed by atoms with Crippen LogP contribution in [0, 0.1) is 0 Å². The molecule has 54 heavy (non-hydrogen) atoms. The van der Waals surface area contributed by atoms with E-state index in [1.807, 2.05) is 0 Å². The number of unbranched alkanes of at least 4 members (excludes halogenated alkanes) is 37. The summed E-state index contributed by atoms with van der Waals surface area (Å²) in [6.45, 7) is 9.44. The molecular weight excluding hydrogens is 653 g/mol. The van der Waals surface area contributed by atoms with Crippen LogP contribution in [0.1, 0.15) is 322 Å². The molecular formula is C52H103N2+. The number of aromatic nitrogens is 2. The first-order valence-electron chi connectivity index (χ1n) is 25.8. The molecule has 0 saturated carbocycles. The van der Waals surface area contributed by atoms with Crippen molar-refractivity contribution in [2.45, 2.75) is 316 Å². The van der Waals surface area contributed by atoms with Gasteiger partial charge in [0.05, 0.1) is 12.0 Å². The van der Waals surface area contributed by atoms with Gasteiger partial charge in [0.2, 0.25) is 0 Å². The maximum Gasteiger partial charge on any atom is 0.257 e. The summed E-state index contributed by atoms with van der Waals surface area (Å²) in [4.78, 5) is 3.79. The highest BCUT2D eigenvalue weighted by molar-refractivity contribution is 4.90. The molecule has 1 rings (SSSR count). The van der Waals surface area contributed by atoms with E-state index in [1.54, 1.807) is 5.82 Å². The number of hydrogen-bond acceptors (Lipinski definition) is 0. The van der Waals surface area contributed by atoms with Gasteiger partial charge in [-0.1, -0.05) is 271 Å². The zero-order valence-corrected chi connectivity index (χ0v) is 38.2. The molecule has 2 unspecified atom stereocenters. The van der Waals surface area contributed by atoms with Crippen LogP contribution in [0.25, 0.3) is 0 Å². The Bertz CT molecular complexity index is 828. The van der Waals surface area contributed by atoms with E-state index in [1.165, 1.54) is 276 Å². The summed E-state index contributed by atoms with van der Waals surface area (Å²) < 4.78 is 2.66. The fourth-order valence-electron chi connectivity index (χ4n) is 9.08. The van der Waals surface area contributed by atoms with Crippen molar-refractivity contribution < 1.29 is 4.57 Å². The van der Waals surface area contributed by atoms with Crippen LogP contribution in [-0.2, 0) is 0 Å². The first-order chi connectivity index (χ1) is 26.7. The molecule has 1 N–H and O–H groups in total. The zero-order chi connectivity index (χ0) is 38.8. The Morgan fingerprint density at radius 3 is 0.870 bits per heavy atom. The standard InChI is InChI=1S/C52H102N2/c1-5-8-11-14-17-20-23-25-26-27-28-30-32-35-38-41-44-47-51(46-43-40-37-34-31-29-24-21-18-15-12-9-6-2)52-53-48-49-54(52)50(4)45-42-39-36-33-22-19-16-13-10-7-3/h48-51H,5-47H2,1-4H3/p+1. The maximum absolute atomic E-state index is 3.79. The predicted molar refractivity (Wildman–Crippen MR) is 244 cm³/mol. The van der Waals surface area contributed by atoms with Crippen LogP contribution >= 0.6 is 0 Å². The van der Waals surface area contributed by atoms with Crippen LogP contribution in [0.5, 0.6) is 0 Å². The number of H-pyrrole nitrogens is 1. The summed E-state index contributed by atoms with van der Waals surface area (Å²) in [5.74, 6) is 2.25. The Labute approximate surface area is 342 Å². The SMILES string of the molecule is CCCCCCCCCCCCCCCCCCCC(CCCCCCCCCCCCCCC)c1[nH]cc[n+]1C(C)CCCCCCCCCCCC. The van der Waals surface area contributed by atoms with E-state index in [2.05, 4.69) is 49.6 Å². The molecule has 1 aromatic rings. The molecule has 320 valence electrons. The molecule has 0 radical (unpaired) electrons. The van der Waals surface area contributed by atoms with E-state index >= 15 is 0 Å². The second-order valence-corrected chi connectivity index (χ2v) is 18.2. The van der Waals surface area contributed by atoms with Gasteiger partial charge in [0.1, 0.15) is 12.4 Å². The minimum atomic E-state index is 0.616. The smallest absolute Gasteiger partial charge is 0.247 e. The van der Waals surface area contributed by atoms with Crippen LogP contribution in [0.3, 0.4) is 0 Å². The molecule has 1 aromatic heterocycles. The van der Waals surface area contributed by atoms with Gasteiger partial charge in [-0.15, -0.1) is 0 Å². The Balaban J connectivity index is 2.34. The van der Waals surface area contributed by atoms with Crippen molar-refractivity contribution in [3.63, 3.8) is 0 Å². The Morgan fingerprint density at radius 1 is 0.352 bits per heavy atom. The largest absolute Gasteiger partial charge is 0.257 e. The van der Waals surface area contributed by atoms with Gasteiger partial charge in [-0.2, -0.15) is 0 Å². The van der Waals surface area contributed by atoms with E-state index in [-0.39, 0.29) is 0 Å². The number of rotatable bonds is 45. The maximum atomic E-state index is 3.79. The molecule has 0 aromatic carbocycles. The number of hydrogen-bond donors (Lipinski definition) is 1. The lowest BCUT2D eigenvalue weighted by atomic mass is 9.92. The minimum absolute atomic E-state index is 0.616. The topological polar surface area (TPSA) is 19.7 Å². The molecule has 0 amide bonds. The number of nitrogens with one attached hydrogen (secondary N) is 1. The molecule has 2 atom stereocenters. The molecule has 0 aliphatic rings. The minimum Gasteiger partial charge on any atom is -0.247 e. The van der Waals surface area contributed by atoms with E-state index in [0.29, 0.717) is 12.0 Å². The molecule has 0 saturated heterocycles. The summed E-state index contributed by atoms with van der Waals surface area (Å²) in [6.07, 6.45) is 66.6. The van der Waals surface area contributed by atoms with Gasteiger partial charge >= 0.3 is 0 Å². The quantitative estimate of drug-likeness (QED) is 0.0505. The van der Waals surface area contributed by atoms with Crippen LogP contribution in [0.4, 0.5) is 0 Å². The number of imidazole rings is 1. The average Bonchev–Trinajstić information content (AvgIpc) is 3.68. The lowest BCUT2D eigenvalue weighted by Gasteiger charge is -2.17. The van der Waals surface area contributed by atoms with Crippen molar-refractivity contribution in [1.29, 1.82) is 0 Å². The summed E-state index contributed by atoms with van der Waals surface area (Å²) >= 11 is 0. The molecule has 0 fully saturated rings. The van der Waals surface area contributed by atoms with Crippen LogP contribution < -0.4 is 4.57 Å². The summed E-state index contributed by atoms with van der Waals surface area (Å²) in [5.41, 5.74) is 0. The van der Waals surface area contributed by atoms with Gasteiger partial charge in [0.25, 0.3) is 5.82 Å². The molecule has 1 heterocycles. The number of nitrogens with zero attached hydrogens (tertiary/aromatic N) is 1. The van der Waals surface area contributed by atoms with Crippen LogP contribution in [0.2, 0.25) is 0 Å². The van der Waals surface area contributed by atoms with Crippen molar-refractivity contribution >= 4 is 0 Å². The third-order valence-electron chi connectivity index (χ3n) is 12.9. The normalized spacial score (nSPS) is 12.9. The van der Waals surface area contributed by atoms with Crippen LogP contribution in [-0.4, -0.2) is 4.98 Å². The van der Waals surface area contributed by atoms with Gasteiger partial charge in [0, 0.05) is 0 Å². The molecule has 0 aliphatic carbocycles. The van der Waals surface area contributed by atoms with Gasteiger partial charge < -0.3 is 0 Å². The van der Waals surface area contributed by atoms with Crippen molar-refractivity contribution in [3.05, 3.63) is 18.2 Å². The highest BCUT2D eigenvalue weighted by atomic mass is 15.1. The van der Waals surface area contributed by atoms with Crippen molar-refractivity contribution in [3.8, 4) is 0 Å². The first kappa shape index (κ1) is 51.2. The van der Waals surface area contributed by atoms with Crippen molar-refractivity contribution in [2.75, 3.05) is 0 Å². The second kappa shape index (κ2) is 41.8. The van der Waals surface area contributed by atoms with Crippen LogP contribution in [0.15, 0.2) is 12.4 Å². The summed E-state index contributed by atoms with van der Waals surface area (Å²) in [6, 6.07) is 0.616. The fraction of sp³-hybridized carbons (Fsp3) is 0.942. The number of aromatic amines is 1. The van der Waals surface area contributed by atoms with Crippen molar-refractivity contribution in [2.24, 2.45) is 0 Å². The van der Waals surface area contributed by atoms with Crippen molar-refractivity contribution in [1.82, 2.24) is 4.98 Å². The zero-order valence-electron chi connectivity index (χ0n) is 38.2. The predicted octanol–water partition coefficient (Wildman–Crippen LogP) is 18.8. The Hall–Kier alpha value is -0.790. The molecule has 0 spiro atoms. The van der Waals surface area contributed by atoms with E-state index in [0.717, 1.165) is 0 Å². The van der Waals surface area contributed by atoms with Gasteiger partial charge in [0.15, 0.2) is 0 Å². The van der Waals surface area contributed by atoms with Gasteiger partial charge in [-0.05, 0) is 32.6 Å². The molecule has 2 nitrogen and oxygen atoms in total. The van der Waals surface area contributed by atoms with Gasteiger partial charge in [-0.25, -0.2) is 9.55 Å². The lowest BCUT2D eigenvalue weighted by Crippen LogP contribution is -2.41. The average molecular weight is 756 g/mol. The van der Waals surface area contributed by atoms with Gasteiger partial charge in [-0.3, -0.25) is 0 Å². The monoisotopic (exact) mass is 756 g/mol. The summed E-state index contributed by atoms with van der Waals surface area (Å²) in [7, 11) is 0. The summed E-state index contributed by atoms with van der Waals surface area (Å²) in [5, 5.41) is 0. The Morgan fingerprint density at radius 2 is 0.593 bits per heavy atom. The van der Waals surface area contributed by atoms with E-state index in [9.17, 15) is 0 Å². The highest BCUT2D eigenvalue weighted by Crippen LogP contribution is 2.28. The highest BCUT2D eigenvalue weighted by Gasteiger charge is 2.25. The molecule has 0 aliphatic heterocycles. The molecule has 0 bridgehead atoms.